The summed E-state index contributed by atoms with van der Waals surface area (Å²) in [4.78, 5) is 0. The summed E-state index contributed by atoms with van der Waals surface area (Å²) in [6.45, 7) is 6.99. The molecule has 1 aromatic carbocycles. The van der Waals surface area contributed by atoms with Crippen LogP contribution in [0.3, 0.4) is 0 Å². The number of ether oxygens (including phenoxy) is 1. The lowest BCUT2D eigenvalue weighted by Gasteiger charge is -2.60. The van der Waals surface area contributed by atoms with E-state index >= 15 is 0 Å². The molecule has 2 aliphatic rings. The molecule has 4 heteroatoms. The standard InChI is InChI=1S/C17H23F2NO/c1-10(14-12(18)7-4-8-13(14)19)20-15-11-6-5-9-21-16(11)17(15,2)3/h4,7-8,10-11,15-16,20H,5-6,9H2,1-3H3. The summed E-state index contributed by atoms with van der Waals surface area (Å²) in [5.74, 6) is -0.516. The van der Waals surface area contributed by atoms with Gasteiger partial charge in [0.25, 0.3) is 0 Å². The van der Waals surface area contributed by atoms with Crippen molar-refractivity contribution in [1.82, 2.24) is 5.32 Å². The average Bonchev–Trinajstić information content (AvgIpc) is 2.44. The number of benzene rings is 1. The van der Waals surface area contributed by atoms with Crippen LogP contribution in [0.4, 0.5) is 8.78 Å². The highest BCUT2D eigenvalue weighted by molar-refractivity contribution is 5.24. The van der Waals surface area contributed by atoms with Crippen LogP contribution in [0.1, 0.15) is 45.2 Å². The van der Waals surface area contributed by atoms with Crippen LogP contribution >= 0.6 is 0 Å². The van der Waals surface area contributed by atoms with E-state index in [2.05, 4.69) is 19.2 Å². The maximum atomic E-state index is 13.9. The molecule has 4 atom stereocenters. The summed E-state index contributed by atoms with van der Waals surface area (Å²) in [5, 5.41) is 3.44. The minimum atomic E-state index is -0.483. The van der Waals surface area contributed by atoms with E-state index < -0.39 is 11.6 Å². The van der Waals surface area contributed by atoms with Crippen LogP contribution in [0.25, 0.3) is 0 Å². The molecule has 0 radical (unpaired) electrons. The Balaban J connectivity index is 1.77. The zero-order chi connectivity index (χ0) is 15.2. The van der Waals surface area contributed by atoms with E-state index in [-0.39, 0.29) is 29.2 Å². The minimum absolute atomic E-state index is 0.00107. The van der Waals surface area contributed by atoms with Crippen molar-refractivity contribution >= 4 is 0 Å². The molecule has 1 heterocycles. The molecule has 0 amide bonds. The van der Waals surface area contributed by atoms with E-state index in [0.29, 0.717) is 5.92 Å². The fraction of sp³-hybridized carbons (Fsp3) is 0.647. The predicted octanol–water partition coefficient (Wildman–Crippen LogP) is 3.82. The fourth-order valence-corrected chi connectivity index (χ4v) is 4.14. The molecular formula is C17H23F2NO. The Bertz CT molecular complexity index is 511. The maximum Gasteiger partial charge on any atom is 0.130 e. The van der Waals surface area contributed by atoms with Crippen molar-refractivity contribution in [2.75, 3.05) is 6.61 Å². The van der Waals surface area contributed by atoms with Crippen molar-refractivity contribution in [3.63, 3.8) is 0 Å². The van der Waals surface area contributed by atoms with Gasteiger partial charge in [0.15, 0.2) is 0 Å². The van der Waals surface area contributed by atoms with Gasteiger partial charge in [-0.05, 0) is 31.9 Å². The van der Waals surface area contributed by atoms with Crippen LogP contribution in [0.15, 0.2) is 18.2 Å². The van der Waals surface area contributed by atoms with Gasteiger partial charge in [-0.25, -0.2) is 8.78 Å². The van der Waals surface area contributed by atoms with Gasteiger partial charge < -0.3 is 10.1 Å². The lowest BCUT2D eigenvalue weighted by Crippen LogP contribution is -2.69. The van der Waals surface area contributed by atoms with E-state index in [1.54, 1.807) is 0 Å². The lowest BCUT2D eigenvalue weighted by molar-refractivity contribution is -0.194. The molecular weight excluding hydrogens is 272 g/mol. The fourth-order valence-electron chi connectivity index (χ4n) is 4.14. The number of rotatable bonds is 3. The second kappa shape index (κ2) is 5.33. The van der Waals surface area contributed by atoms with Gasteiger partial charge in [-0.3, -0.25) is 0 Å². The van der Waals surface area contributed by atoms with E-state index in [1.165, 1.54) is 18.2 Å². The molecule has 3 rings (SSSR count). The van der Waals surface area contributed by atoms with Crippen molar-refractivity contribution in [3.8, 4) is 0 Å². The van der Waals surface area contributed by atoms with Crippen LogP contribution in [-0.2, 0) is 4.74 Å². The van der Waals surface area contributed by atoms with Crippen LogP contribution in [-0.4, -0.2) is 18.8 Å². The van der Waals surface area contributed by atoms with Gasteiger partial charge in [0, 0.05) is 35.6 Å². The molecule has 1 N–H and O–H groups in total. The molecule has 0 spiro atoms. The maximum absolute atomic E-state index is 13.9. The minimum Gasteiger partial charge on any atom is -0.377 e. The van der Waals surface area contributed by atoms with Gasteiger partial charge in [-0.15, -0.1) is 0 Å². The summed E-state index contributed by atoms with van der Waals surface area (Å²) < 4.78 is 33.7. The molecule has 1 aromatic rings. The van der Waals surface area contributed by atoms with Gasteiger partial charge in [0.2, 0.25) is 0 Å². The van der Waals surface area contributed by atoms with Gasteiger partial charge in [-0.2, -0.15) is 0 Å². The first-order chi connectivity index (χ1) is 9.93. The van der Waals surface area contributed by atoms with E-state index in [1.807, 2.05) is 6.92 Å². The lowest BCUT2D eigenvalue weighted by atomic mass is 9.55. The monoisotopic (exact) mass is 295 g/mol. The van der Waals surface area contributed by atoms with E-state index in [9.17, 15) is 8.78 Å². The topological polar surface area (TPSA) is 21.3 Å². The Kier molecular flexibility index (Phi) is 3.78. The first-order valence-corrected chi connectivity index (χ1v) is 7.74. The normalized spacial score (nSPS) is 32.1. The third-order valence-electron chi connectivity index (χ3n) is 5.19. The van der Waals surface area contributed by atoms with Crippen LogP contribution in [0, 0.1) is 23.0 Å². The summed E-state index contributed by atoms with van der Waals surface area (Å²) in [5.41, 5.74) is 0.134. The quantitative estimate of drug-likeness (QED) is 0.915. The molecule has 1 aliphatic carbocycles. The van der Waals surface area contributed by atoms with E-state index in [4.69, 9.17) is 4.74 Å². The molecule has 0 aromatic heterocycles. The largest absolute Gasteiger partial charge is 0.377 e. The first kappa shape index (κ1) is 14.9. The first-order valence-electron chi connectivity index (χ1n) is 7.74. The zero-order valence-electron chi connectivity index (χ0n) is 12.8. The van der Waals surface area contributed by atoms with Crippen molar-refractivity contribution in [3.05, 3.63) is 35.4 Å². The summed E-state index contributed by atoms with van der Waals surface area (Å²) in [6, 6.07) is 3.92. The molecule has 1 saturated heterocycles. The van der Waals surface area contributed by atoms with Crippen molar-refractivity contribution < 1.29 is 13.5 Å². The summed E-state index contributed by atoms with van der Waals surface area (Å²) >= 11 is 0. The molecule has 0 bridgehead atoms. The second-order valence-corrected chi connectivity index (χ2v) is 6.92. The number of nitrogens with one attached hydrogen (secondary N) is 1. The zero-order valence-corrected chi connectivity index (χ0v) is 12.8. The van der Waals surface area contributed by atoms with Crippen LogP contribution in [0.2, 0.25) is 0 Å². The third kappa shape index (κ3) is 2.38. The highest BCUT2D eigenvalue weighted by atomic mass is 19.1. The summed E-state index contributed by atoms with van der Waals surface area (Å²) in [6.07, 6.45) is 2.46. The third-order valence-corrected chi connectivity index (χ3v) is 5.19. The Morgan fingerprint density at radius 3 is 2.62 bits per heavy atom. The number of hydrogen-bond acceptors (Lipinski definition) is 2. The molecule has 1 saturated carbocycles. The van der Waals surface area contributed by atoms with Gasteiger partial charge in [-0.1, -0.05) is 19.9 Å². The van der Waals surface area contributed by atoms with Gasteiger partial charge in [0.05, 0.1) is 6.10 Å². The van der Waals surface area contributed by atoms with Gasteiger partial charge >= 0.3 is 0 Å². The second-order valence-electron chi connectivity index (χ2n) is 6.92. The van der Waals surface area contributed by atoms with Crippen molar-refractivity contribution in [1.29, 1.82) is 0 Å². The SMILES string of the molecule is CC(NC1C2CCCOC2C1(C)C)c1c(F)cccc1F. The van der Waals surface area contributed by atoms with Crippen LogP contribution < -0.4 is 5.32 Å². The van der Waals surface area contributed by atoms with Gasteiger partial charge in [0.1, 0.15) is 11.6 Å². The molecule has 2 fully saturated rings. The Morgan fingerprint density at radius 2 is 1.95 bits per heavy atom. The van der Waals surface area contributed by atoms with Crippen molar-refractivity contribution in [2.45, 2.75) is 51.8 Å². The number of fused-ring (bicyclic) bond motifs is 1. The Morgan fingerprint density at radius 1 is 1.29 bits per heavy atom. The average molecular weight is 295 g/mol. The van der Waals surface area contributed by atoms with E-state index in [0.717, 1.165) is 19.4 Å². The highest BCUT2D eigenvalue weighted by Crippen LogP contribution is 2.51. The Labute approximate surface area is 124 Å². The molecule has 116 valence electrons. The highest BCUT2D eigenvalue weighted by Gasteiger charge is 2.58. The number of hydrogen-bond donors (Lipinski definition) is 1. The smallest absolute Gasteiger partial charge is 0.130 e. The predicted molar refractivity (Wildman–Crippen MR) is 77.9 cm³/mol. The number of halogens is 2. The van der Waals surface area contributed by atoms with Crippen LogP contribution in [0.5, 0.6) is 0 Å². The molecule has 1 aliphatic heterocycles. The summed E-state index contributed by atoms with van der Waals surface area (Å²) in [7, 11) is 0. The Hall–Kier alpha value is -1.00. The molecule has 21 heavy (non-hydrogen) atoms. The molecule has 4 unspecified atom stereocenters. The van der Waals surface area contributed by atoms with Crippen molar-refractivity contribution in [2.24, 2.45) is 11.3 Å². The molecule has 2 nitrogen and oxygen atoms in total.